The molecule has 1 aliphatic rings. The number of hydrogen-bond donors (Lipinski definition) is 1. The summed E-state index contributed by atoms with van der Waals surface area (Å²) in [6, 6.07) is 12.5. The van der Waals surface area contributed by atoms with E-state index in [1.54, 1.807) is 0 Å². The number of benzene rings is 1. The van der Waals surface area contributed by atoms with Gasteiger partial charge in [0, 0.05) is 12.7 Å². The summed E-state index contributed by atoms with van der Waals surface area (Å²) in [6.45, 7) is 2.91. The predicted octanol–water partition coefficient (Wildman–Crippen LogP) is 2.55. The molecule has 0 spiro atoms. The smallest absolute Gasteiger partial charge is 0.147 e. The number of hydrazine groups is 1. The van der Waals surface area contributed by atoms with Crippen LogP contribution in [0.5, 0.6) is 0 Å². The second-order valence-corrected chi connectivity index (χ2v) is 3.99. The van der Waals surface area contributed by atoms with Crippen molar-refractivity contribution < 1.29 is 0 Å². The Kier molecular flexibility index (Phi) is 2.11. The molecular formula is C13H13N3. The zero-order valence-corrected chi connectivity index (χ0v) is 9.14. The average molecular weight is 211 g/mol. The molecule has 0 saturated heterocycles. The van der Waals surface area contributed by atoms with Gasteiger partial charge in [0.05, 0.1) is 5.69 Å². The molecule has 1 N–H and O–H groups in total. The first-order chi connectivity index (χ1) is 7.84. The van der Waals surface area contributed by atoms with Gasteiger partial charge in [0.2, 0.25) is 0 Å². The summed E-state index contributed by atoms with van der Waals surface area (Å²) in [4.78, 5) is 4.42. The Morgan fingerprint density at radius 2 is 2.06 bits per heavy atom. The van der Waals surface area contributed by atoms with Crippen LogP contribution in [0.3, 0.4) is 0 Å². The van der Waals surface area contributed by atoms with Gasteiger partial charge in [-0.3, -0.25) is 5.01 Å². The van der Waals surface area contributed by atoms with Crippen LogP contribution in [-0.2, 0) is 6.54 Å². The lowest BCUT2D eigenvalue weighted by molar-refractivity contribution is 0.755. The highest BCUT2D eigenvalue weighted by atomic mass is 15.5. The topological polar surface area (TPSA) is 28.2 Å². The van der Waals surface area contributed by atoms with Crippen LogP contribution < -0.4 is 10.4 Å². The molecule has 0 fully saturated rings. The maximum atomic E-state index is 4.42. The first-order valence-electron chi connectivity index (χ1n) is 5.39. The Morgan fingerprint density at radius 1 is 1.19 bits per heavy atom. The van der Waals surface area contributed by atoms with Crippen molar-refractivity contribution in [1.29, 1.82) is 0 Å². The summed E-state index contributed by atoms with van der Waals surface area (Å²) in [5, 5.41) is 2.04. The van der Waals surface area contributed by atoms with Gasteiger partial charge >= 0.3 is 0 Å². The molecule has 3 heteroatoms. The van der Waals surface area contributed by atoms with Crippen molar-refractivity contribution in [2.24, 2.45) is 0 Å². The lowest BCUT2D eigenvalue weighted by Crippen LogP contribution is -2.27. The molecule has 0 bridgehead atoms. The van der Waals surface area contributed by atoms with Gasteiger partial charge in [0.15, 0.2) is 0 Å². The van der Waals surface area contributed by atoms with Gasteiger partial charge in [-0.2, -0.15) is 0 Å². The second-order valence-electron chi connectivity index (χ2n) is 3.99. The van der Waals surface area contributed by atoms with Crippen LogP contribution in [-0.4, -0.2) is 4.98 Å². The summed E-state index contributed by atoms with van der Waals surface area (Å²) in [5.74, 6) is 0.940. The SMILES string of the molecule is Cc1ccc(N2NCc3ccccc32)nc1. The van der Waals surface area contributed by atoms with Crippen molar-refractivity contribution in [3.8, 4) is 0 Å². The van der Waals surface area contributed by atoms with Gasteiger partial charge in [-0.1, -0.05) is 24.3 Å². The van der Waals surface area contributed by atoms with Crippen LogP contribution in [0.2, 0.25) is 0 Å². The van der Waals surface area contributed by atoms with E-state index in [1.165, 1.54) is 16.8 Å². The van der Waals surface area contributed by atoms with Crippen LogP contribution in [0.4, 0.5) is 11.5 Å². The molecule has 1 aromatic heterocycles. The Balaban J connectivity index is 2.01. The third-order valence-corrected chi connectivity index (χ3v) is 2.78. The van der Waals surface area contributed by atoms with Crippen molar-refractivity contribution in [3.63, 3.8) is 0 Å². The normalized spacial score (nSPS) is 13.9. The average Bonchev–Trinajstić information content (AvgIpc) is 2.74. The van der Waals surface area contributed by atoms with Crippen LogP contribution >= 0.6 is 0 Å². The van der Waals surface area contributed by atoms with E-state index in [0.717, 1.165) is 12.4 Å². The molecule has 80 valence electrons. The predicted molar refractivity (Wildman–Crippen MR) is 64.4 cm³/mol. The fraction of sp³-hybridized carbons (Fsp3) is 0.154. The van der Waals surface area contributed by atoms with Crippen molar-refractivity contribution in [1.82, 2.24) is 10.4 Å². The van der Waals surface area contributed by atoms with Crippen molar-refractivity contribution in [3.05, 3.63) is 53.7 Å². The summed E-state index contributed by atoms with van der Waals surface area (Å²) in [6.07, 6.45) is 1.89. The van der Waals surface area contributed by atoms with E-state index in [-0.39, 0.29) is 0 Å². The Labute approximate surface area is 94.7 Å². The van der Waals surface area contributed by atoms with Crippen molar-refractivity contribution in [2.45, 2.75) is 13.5 Å². The number of pyridine rings is 1. The second kappa shape index (κ2) is 3.61. The van der Waals surface area contributed by atoms with E-state index in [9.17, 15) is 0 Å². The van der Waals surface area contributed by atoms with E-state index in [1.807, 2.05) is 30.3 Å². The molecular weight excluding hydrogens is 198 g/mol. The maximum absolute atomic E-state index is 4.42. The summed E-state index contributed by atoms with van der Waals surface area (Å²) >= 11 is 0. The maximum Gasteiger partial charge on any atom is 0.147 e. The van der Waals surface area contributed by atoms with E-state index >= 15 is 0 Å². The van der Waals surface area contributed by atoms with Crippen LogP contribution in [0, 0.1) is 6.92 Å². The Hall–Kier alpha value is -1.87. The van der Waals surface area contributed by atoms with Gasteiger partial charge in [-0.05, 0) is 30.2 Å². The fourth-order valence-corrected chi connectivity index (χ4v) is 1.92. The molecule has 1 aromatic carbocycles. The molecule has 0 unspecified atom stereocenters. The van der Waals surface area contributed by atoms with Gasteiger partial charge in [0.1, 0.15) is 5.82 Å². The van der Waals surface area contributed by atoms with Gasteiger partial charge in [0.25, 0.3) is 0 Å². The van der Waals surface area contributed by atoms with E-state index < -0.39 is 0 Å². The number of nitrogens with one attached hydrogen (secondary N) is 1. The monoisotopic (exact) mass is 211 g/mol. The number of hydrogen-bond acceptors (Lipinski definition) is 3. The molecule has 3 rings (SSSR count). The fourth-order valence-electron chi connectivity index (χ4n) is 1.92. The molecule has 2 heterocycles. The minimum absolute atomic E-state index is 0.867. The minimum Gasteiger partial charge on any atom is -0.259 e. The third kappa shape index (κ3) is 1.46. The minimum atomic E-state index is 0.867. The number of fused-ring (bicyclic) bond motifs is 1. The molecule has 0 saturated carbocycles. The number of aryl methyl sites for hydroxylation is 1. The third-order valence-electron chi connectivity index (χ3n) is 2.78. The zero-order valence-electron chi connectivity index (χ0n) is 9.14. The number of nitrogens with zero attached hydrogens (tertiary/aromatic N) is 2. The highest BCUT2D eigenvalue weighted by molar-refractivity contribution is 5.65. The lowest BCUT2D eigenvalue weighted by Gasteiger charge is -2.17. The molecule has 2 aromatic rings. The van der Waals surface area contributed by atoms with Gasteiger partial charge in [-0.25, -0.2) is 10.4 Å². The molecule has 0 amide bonds. The summed E-state index contributed by atoms with van der Waals surface area (Å²) in [5.41, 5.74) is 7.01. The van der Waals surface area contributed by atoms with Crippen LogP contribution in [0.15, 0.2) is 42.6 Å². The van der Waals surface area contributed by atoms with Crippen molar-refractivity contribution >= 4 is 11.5 Å². The van der Waals surface area contributed by atoms with Crippen LogP contribution in [0.1, 0.15) is 11.1 Å². The van der Waals surface area contributed by atoms with E-state index in [4.69, 9.17) is 0 Å². The first-order valence-corrected chi connectivity index (χ1v) is 5.39. The van der Waals surface area contributed by atoms with Gasteiger partial charge < -0.3 is 0 Å². The van der Waals surface area contributed by atoms with E-state index in [2.05, 4.69) is 34.7 Å². The Morgan fingerprint density at radius 3 is 2.88 bits per heavy atom. The number of aromatic nitrogens is 1. The summed E-state index contributed by atoms with van der Waals surface area (Å²) in [7, 11) is 0. The first kappa shape index (κ1) is 9.36. The van der Waals surface area contributed by atoms with E-state index in [0.29, 0.717) is 0 Å². The largest absolute Gasteiger partial charge is 0.259 e. The summed E-state index contributed by atoms with van der Waals surface area (Å²) < 4.78 is 0. The number of anilines is 2. The number of rotatable bonds is 1. The van der Waals surface area contributed by atoms with Crippen LogP contribution in [0.25, 0.3) is 0 Å². The lowest BCUT2D eigenvalue weighted by atomic mass is 10.2. The Bertz CT molecular complexity index is 505. The number of para-hydroxylation sites is 1. The molecule has 16 heavy (non-hydrogen) atoms. The molecule has 1 aliphatic heterocycles. The molecule has 0 aliphatic carbocycles. The standard InChI is InChI=1S/C13H13N3/c1-10-6-7-13(14-8-10)16-12-5-3-2-4-11(12)9-15-16/h2-8,15H,9H2,1H3. The van der Waals surface area contributed by atoms with Crippen molar-refractivity contribution in [2.75, 3.05) is 5.01 Å². The molecule has 0 radical (unpaired) electrons. The molecule has 3 nitrogen and oxygen atoms in total. The quantitative estimate of drug-likeness (QED) is 0.785. The highest BCUT2D eigenvalue weighted by Gasteiger charge is 2.19. The highest BCUT2D eigenvalue weighted by Crippen LogP contribution is 2.29. The van der Waals surface area contributed by atoms with Gasteiger partial charge in [-0.15, -0.1) is 0 Å². The zero-order chi connectivity index (χ0) is 11.0. The molecule has 0 atom stereocenters.